The third-order valence-electron chi connectivity index (χ3n) is 3.07. The van der Waals surface area contributed by atoms with E-state index in [-0.39, 0.29) is 11.9 Å². The van der Waals surface area contributed by atoms with E-state index < -0.39 is 0 Å². The number of carbonyl (C=O) groups is 1. The number of nitrogens with one attached hydrogen (secondary N) is 1. The summed E-state index contributed by atoms with van der Waals surface area (Å²) < 4.78 is 0. The highest BCUT2D eigenvalue weighted by Crippen LogP contribution is 2.11. The quantitative estimate of drug-likeness (QED) is 0.828. The van der Waals surface area contributed by atoms with Crippen LogP contribution in [0.3, 0.4) is 0 Å². The highest BCUT2D eigenvalue weighted by atomic mass is 16.2. The fourth-order valence-electron chi connectivity index (χ4n) is 2.08. The molecule has 1 unspecified atom stereocenters. The van der Waals surface area contributed by atoms with Gasteiger partial charge in [-0.2, -0.15) is 0 Å². The molecule has 3 heteroatoms. The Morgan fingerprint density at radius 1 is 1.38 bits per heavy atom. The van der Waals surface area contributed by atoms with Gasteiger partial charge in [-0.15, -0.1) is 0 Å². The third-order valence-corrected chi connectivity index (χ3v) is 3.07. The Morgan fingerprint density at radius 2 is 2.12 bits per heavy atom. The minimum Gasteiger partial charge on any atom is -0.342 e. The van der Waals surface area contributed by atoms with Crippen molar-refractivity contribution in [1.29, 1.82) is 0 Å². The van der Waals surface area contributed by atoms with Gasteiger partial charge in [0.2, 0.25) is 5.91 Å². The lowest BCUT2D eigenvalue weighted by Gasteiger charge is -2.14. The lowest BCUT2D eigenvalue weighted by Crippen LogP contribution is -2.37. The summed E-state index contributed by atoms with van der Waals surface area (Å²) in [4.78, 5) is 13.7. The second-order valence-electron chi connectivity index (χ2n) is 4.13. The molecule has 1 heterocycles. The number of likely N-dealkylation sites (tertiary alicyclic amines) is 1. The highest BCUT2D eigenvalue weighted by Gasteiger charge is 2.29. The molecule has 1 aromatic rings. The summed E-state index contributed by atoms with van der Waals surface area (Å²) in [6, 6.07) is 10.2. The number of amides is 1. The maximum absolute atomic E-state index is 11.8. The average Bonchev–Trinajstić information content (AvgIpc) is 2.69. The summed E-state index contributed by atoms with van der Waals surface area (Å²) in [7, 11) is 0. The van der Waals surface area contributed by atoms with Gasteiger partial charge in [0.1, 0.15) is 0 Å². The maximum atomic E-state index is 11.8. The van der Waals surface area contributed by atoms with Crippen molar-refractivity contribution in [2.24, 2.45) is 0 Å². The van der Waals surface area contributed by atoms with Crippen LogP contribution >= 0.6 is 0 Å². The number of hydrogen-bond donors (Lipinski definition) is 1. The summed E-state index contributed by atoms with van der Waals surface area (Å²) >= 11 is 0. The molecule has 86 valence electrons. The van der Waals surface area contributed by atoms with E-state index in [4.69, 9.17) is 0 Å². The number of hydrogen-bond acceptors (Lipinski definition) is 2. The summed E-state index contributed by atoms with van der Waals surface area (Å²) in [5.41, 5.74) is 1.23. The Balaban J connectivity index is 1.86. The van der Waals surface area contributed by atoms with Gasteiger partial charge in [-0.05, 0) is 18.9 Å². The standard InChI is InChI=1S/C13H18N2O/c1-2-15-9-8-12(13(15)16)14-10-11-6-4-3-5-7-11/h3-7,12,14H,2,8-10H2,1H3. The number of nitrogens with zero attached hydrogens (tertiary/aromatic N) is 1. The van der Waals surface area contributed by atoms with Gasteiger partial charge in [0, 0.05) is 19.6 Å². The third kappa shape index (κ3) is 2.42. The zero-order chi connectivity index (χ0) is 11.4. The van der Waals surface area contributed by atoms with Crippen molar-refractivity contribution < 1.29 is 4.79 Å². The van der Waals surface area contributed by atoms with Crippen LogP contribution in [0.5, 0.6) is 0 Å². The van der Waals surface area contributed by atoms with Crippen molar-refractivity contribution in [2.45, 2.75) is 25.9 Å². The van der Waals surface area contributed by atoms with E-state index in [1.54, 1.807) is 0 Å². The second kappa shape index (κ2) is 5.12. The molecule has 0 aromatic heterocycles. The number of benzene rings is 1. The van der Waals surface area contributed by atoms with E-state index in [9.17, 15) is 4.79 Å². The minimum absolute atomic E-state index is 0.0140. The fraction of sp³-hybridized carbons (Fsp3) is 0.462. The van der Waals surface area contributed by atoms with Crippen LogP contribution in [0.15, 0.2) is 30.3 Å². The Morgan fingerprint density at radius 3 is 2.75 bits per heavy atom. The van der Waals surface area contributed by atoms with E-state index in [0.717, 1.165) is 26.1 Å². The van der Waals surface area contributed by atoms with E-state index in [1.165, 1.54) is 5.56 Å². The van der Waals surface area contributed by atoms with E-state index in [1.807, 2.05) is 30.0 Å². The Hall–Kier alpha value is -1.35. The number of carbonyl (C=O) groups excluding carboxylic acids is 1. The summed E-state index contributed by atoms with van der Waals surface area (Å²) in [6.07, 6.45) is 0.930. The van der Waals surface area contributed by atoms with Gasteiger partial charge in [0.15, 0.2) is 0 Å². The van der Waals surface area contributed by atoms with Crippen LogP contribution in [0.1, 0.15) is 18.9 Å². The summed E-state index contributed by atoms with van der Waals surface area (Å²) in [6.45, 7) is 4.51. The molecule has 16 heavy (non-hydrogen) atoms. The first-order valence-electron chi connectivity index (χ1n) is 5.87. The molecule has 1 atom stereocenters. The molecular formula is C13H18N2O. The van der Waals surface area contributed by atoms with Crippen LogP contribution in [0.2, 0.25) is 0 Å². The van der Waals surface area contributed by atoms with E-state index in [2.05, 4.69) is 17.4 Å². The van der Waals surface area contributed by atoms with Crippen molar-refractivity contribution in [3.63, 3.8) is 0 Å². The summed E-state index contributed by atoms with van der Waals surface area (Å²) in [5, 5.41) is 3.32. The molecule has 0 aliphatic carbocycles. The molecule has 1 aromatic carbocycles. The molecule has 1 aliphatic rings. The minimum atomic E-state index is 0.0140. The van der Waals surface area contributed by atoms with Crippen molar-refractivity contribution in [3.05, 3.63) is 35.9 Å². The lowest BCUT2D eigenvalue weighted by molar-refractivity contribution is -0.129. The SMILES string of the molecule is CCN1CCC(NCc2ccccc2)C1=O. The molecule has 1 fully saturated rings. The zero-order valence-electron chi connectivity index (χ0n) is 9.65. The average molecular weight is 218 g/mol. The van der Waals surface area contributed by atoms with Gasteiger partial charge in [-0.1, -0.05) is 30.3 Å². The Bertz CT molecular complexity index is 350. The molecule has 0 spiro atoms. The van der Waals surface area contributed by atoms with Crippen LogP contribution in [-0.2, 0) is 11.3 Å². The fourth-order valence-corrected chi connectivity index (χ4v) is 2.08. The Kier molecular flexibility index (Phi) is 3.57. The normalized spacial score (nSPS) is 20.4. The molecule has 0 radical (unpaired) electrons. The second-order valence-corrected chi connectivity index (χ2v) is 4.13. The van der Waals surface area contributed by atoms with Gasteiger partial charge in [-0.3, -0.25) is 4.79 Å². The molecule has 1 N–H and O–H groups in total. The number of likely N-dealkylation sites (N-methyl/N-ethyl adjacent to an activating group) is 1. The van der Waals surface area contributed by atoms with E-state index >= 15 is 0 Å². The lowest BCUT2D eigenvalue weighted by atomic mass is 10.2. The highest BCUT2D eigenvalue weighted by molar-refractivity contribution is 5.83. The first-order valence-corrected chi connectivity index (χ1v) is 5.87. The first kappa shape index (κ1) is 11.1. The van der Waals surface area contributed by atoms with Crippen molar-refractivity contribution in [2.75, 3.05) is 13.1 Å². The molecular weight excluding hydrogens is 200 g/mol. The molecule has 3 nitrogen and oxygen atoms in total. The van der Waals surface area contributed by atoms with Crippen molar-refractivity contribution in [3.8, 4) is 0 Å². The monoisotopic (exact) mass is 218 g/mol. The Labute approximate surface area is 96.5 Å². The van der Waals surface area contributed by atoms with Crippen molar-refractivity contribution >= 4 is 5.91 Å². The first-order chi connectivity index (χ1) is 7.81. The smallest absolute Gasteiger partial charge is 0.239 e. The van der Waals surface area contributed by atoms with Crippen LogP contribution in [-0.4, -0.2) is 29.9 Å². The predicted molar refractivity (Wildman–Crippen MR) is 63.9 cm³/mol. The van der Waals surface area contributed by atoms with Crippen molar-refractivity contribution in [1.82, 2.24) is 10.2 Å². The van der Waals surface area contributed by atoms with Gasteiger partial charge in [-0.25, -0.2) is 0 Å². The molecule has 1 amide bonds. The van der Waals surface area contributed by atoms with Crippen LogP contribution in [0.4, 0.5) is 0 Å². The molecule has 1 saturated heterocycles. The van der Waals surface area contributed by atoms with Gasteiger partial charge < -0.3 is 10.2 Å². The molecule has 1 aliphatic heterocycles. The topological polar surface area (TPSA) is 32.3 Å². The van der Waals surface area contributed by atoms with Crippen LogP contribution in [0.25, 0.3) is 0 Å². The molecule has 2 rings (SSSR count). The molecule has 0 bridgehead atoms. The zero-order valence-corrected chi connectivity index (χ0v) is 9.65. The largest absolute Gasteiger partial charge is 0.342 e. The molecule has 0 saturated carbocycles. The van der Waals surface area contributed by atoms with Crippen LogP contribution in [0, 0.1) is 0 Å². The van der Waals surface area contributed by atoms with Gasteiger partial charge in [0.25, 0.3) is 0 Å². The predicted octanol–water partition coefficient (Wildman–Crippen LogP) is 1.40. The van der Waals surface area contributed by atoms with Gasteiger partial charge in [0.05, 0.1) is 6.04 Å². The van der Waals surface area contributed by atoms with Gasteiger partial charge >= 0.3 is 0 Å². The van der Waals surface area contributed by atoms with Crippen LogP contribution < -0.4 is 5.32 Å². The summed E-state index contributed by atoms with van der Waals surface area (Å²) in [5.74, 6) is 0.249. The maximum Gasteiger partial charge on any atom is 0.239 e. The van der Waals surface area contributed by atoms with E-state index in [0.29, 0.717) is 0 Å². The number of rotatable bonds is 4.